The number of nitrogens with zero attached hydrogens (tertiary/aromatic N) is 1. The van der Waals surface area contributed by atoms with Crippen LogP contribution in [0.15, 0.2) is 85.2 Å². The van der Waals surface area contributed by atoms with Gasteiger partial charge in [0.1, 0.15) is 6.04 Å². The zero-order chi connectivity index (χ0) is 28.8. The second-order valence-electron chi connectivity index (χ2n) is 9.51. The van der Waals surface area contributed by atoms with Crippen molar-refractivity contribution >= 4 is 29.2 Å². The highest BCUT2D eigenvalue weighted by Gasteiger charge is 2.25. The number of pyridine rings is 1. The maximum Gasteiger partial charge on any atom is 0.323 e. The molecule has 1 atom stereocenters. The molecule has 0 bridgehead atoms. The van der Waals surface area contributed by atoms with E-state index in [1.54, 1.807) is 48.5 Å². The van der Waals surface area contributed by atoms with Crippen molar-refractivity contribution in [1.29, 1.82) is 0 Å². The number of halogens is 1. The van der Waals surface area contributed by atoms with Gasteiger partial charge in [-0.15, -0.1) is 0 Å². The standard InChI is InChI=1S/C31H28FN5O4/c32-26-18-34-12-10-27(26)37-30(39)22-6-7-23(16-33)25(15-22)20-2-1-3-21(14-20)29(38)36-24-8-4-19(5-9-24)17-35-28-11-13-41-31(28)40/h1-10,12,14-15,18,28,35H,11,13,16-17,33H2,(H,36,38)(H,34,37,39). The summed E-state index contributed by atoms with van der Waals surface area (Å²) in [5, 5.41) is 8.63. The Kier molecular flexibility index (Phi) is 8.42. The first-order chi connectivity index (χ1) is 19.9. The second-order valence-corrected chi connectivity index (χ2v) is 9.51. The molecule has 5 N–H and O–H groups in total. The van der Waals surface area contributed by atoms with Gasteiger partial charge < -0.3 is 26.4 Å². The van der Waals surface area contributed by atoms with E-state index >= 15 is 0 Å². The molecule has 208 valence electrons. The van der Waals surface area contributed by atoms with E-state index in [0.29, 0.717) is 47.5 Å². The van der Waals surface area contributed by atoms with Crippen LogP contribution in [0.25, 0.3) is 11.1 Å². The third kappa shape index (κ3) is 6.63. The zero-order valence-electron chi connectivity index (χ0n) is 22.0. The Morgan fingerprint density at radius 1 is 0.976 bits per heavy atom. The largest absolute Gasteiger partial charge is 0.464 e. The topological polar surface area (TPSA) is 135 Å². The molecule has 41 heavy (non-hydrogen) atoms. The van der Waals surface area contributed by atoms with Crippen molar-refractivity contribution in [2.45, 2.75) is 25.6 Å². The fourth-order valence-corrected chi connectivity index (χ4v) is 4.49. The number of aromatic nitrogens is 1. The summed E-state index contributed by atoms with van der Waals surface area (Å²) >= 11 is 0. The summed E-state index contributed by atoms with van der Waals surface area (Å²) in [4.78, 5) is 41.2. The Bertz CT molecular complexity index is 1590. The van der Waals surface area contributed by atoms with Crippen molar-refractivity contribution in [3.05, 3.63) is 113 Å². The molecule has 1 saturated heterocycles. The van der Waals surface area contributed by atoms with E-state index in [2.05, 4.69) is 20.9 Å². The SMILES string of the molecule is NCc1ccc(C(=O)Nc2ccncc2F)cc1-c1cccc(C(=O)Nc2ccc(CNC3CCOC3=O)cc2)c1. The number of rotatable bonds is 9. The van der Waals surface area contributed by atoms with Gasteiger partial charge in [0.2, 0.25) is 0 Å². The molecule has 1 aliphatic rings. The van der Waals surface area contributed by atoms with Gasteiger partial charge in [-0.1, -0.05) is 30.3 Å². The van der Waals surface area contributed by atoms with Crippen LogP contribution in [-0.2, 0) is 22.6 Å². The first kappa shape index (κ1) is 27.6. The van der Waals surface area contributed by atoms with Gasteiger partial charge in [0.25, 0.3) is 11.8 Å². The van der Waals surface area contributed by atoms with Gasteiger partial charge in [-0.2, -0.15) is 0 Å². The minimum Gasteiger partial charge on any atom is -0.464 e. The van der Waals surface area contributed by atoms with Crippen LogP contribution in [0.4, 0.5) is 15.8 Å². The molecule has 1 unspecified atom stereocenters. The highest BCUT2D eigenvalue weighted by atomic mass is 19.1. The first-order valence-corrected chi connectivity index (χ1v) is 13.1. The zero-order valence-corrected chi connectivity index (χ0v) is 22.0. The Hall–Kier alpha value is -4.93. The number of amides is 2. The molecule has 2 amide bonds. The summed E-state index contributed by atoms with van der Waals surface area (Å²) in [6.07, 6.45) is 3.07. The third-order valence-corrected chi connectivity index (χ3v) is 6.75. The van der Waals surface area contributed by atoms with Crippen molar-refractivity contribution in [1.82, 2.24) is 10.3 Å². The van der Waals surface area contributed by atoms with E-state index in [-0.39, 0.29) is 30.2 Å². The van der Waals surface area contributed by atoms with Crippen LogP contribution in [0.3, 0.4) is 0 Å². The predicted octanol–water partition coefficient (Wildman–Crippen LogP) is 4.26. The normalized spacial score (nSPS) is 14.4. The molecule has 0 aliphatic carbocycles. The molecule has 3 aromatic carbocycles. The molecule has 0 spiro atoms. The fraction of sp³-hybridized carbons (Fsp3) is 0.161. The number of hydrogen-bond donors (Lipinski definition) is 4. The summed E-state index contributed by atoms with van der Waals surface area (Å²) in [5.41, 5.74) is 10.5. The van der Waals surface area contributed by atoms with Crippen molar-refractivity contribution in [3.63, 3.8) is 0 Å². The van der Waals surface area contributed by atoms with E-state index in [4.69, 9.17) is 10.5 Å². The number of nitrogens with two attached hydrogens (primary N) is 1. The highest BCUT2D eigenvalue weighted by Crippen LogP contribution is 2.27. The molecule has 1 fully saturated rings. The second kappa shape index (κ2) is 12.5. The van der Waals surface area contributed by atoms with E-state index in [9.17, 15) is 18.8 Å². The van der Waals surface area contributed by atoms with Crippen molar-refractivity contribution in [2.75, 3.05) is 17.2 Å². The average molecular weight is 554 g/mol. The van der Waals surface area contributed by atoms with E-state index in [1.807, 2.05) is 18.2 Å². The molecular weight excluding hydrogens is 525 g/mol. The fourth-order valence-electron chi connectivity index (χ4n) is 4.49. The number of carbonyl (C=O) groups is 3. The van der Waals surface area contributed by atoms with Crippen molar-refractivity contribution in [2.24, 2.45) is 5.73 Å². The summed E-state index contributed by atoms with van der Waals surface area (Å²) in [6, 6.07) is 20.5. The summed E-state index contributed by atoms with van der Waals surface area (Å²) < 4.78 is 18.9. The lowest BCUT2D eigenvalue weighted by atomic mass is 9.95. The third-order valence-electron chi connectivity index (χ3n) is 6.75. The number of nitrogens with one attached hydrogen (secondary N) is 3. The summed E-state index contributed by atoms with van der Waals surface area (Å²) in [7, 11) is 0. The first-order valence-electron chi connectivity index (χ1n) is 13.1. The molecule has 9 nitrogen and oxygen atoms in total. The summed E-state index contributed by atoms with van der Waals surface area (Å²) in [6.45, 7) is 1.16. The number of esters is 1. The number of ether oxygens (including phenoxy) is 1. The molecule has 1 aromatic heterocycles. The predicted molar refractivity (Wildman–Crippen MR) is 153 cm³/mol. The quantitative estimate of drug-likeness (QED) is 0.228. The van der Waals surface area contributed by atoms with Crippen LogP contribution < -0.4 is 21.7 Å². The van der Waals surface area contributed by atoms with Crippen LogP contribution in [-0.4, -0.2) is 35.4 Å². The van der Waals surface area contributed by atoms with Crippen LogP contribution >= 0.6 is 0 Å². The number of hydrogen-bond acceptors (Lipinski definition) is 7. The van der Waals surface area contributed by atoms with Crippen LogP contribution in [0.2, 0.25) is 0 Å². The monoisotopic (exact) mass is 553 g/mol. The Morgan fingerprint density at radius 2 is 1.76 bits per heavy atom. The van der Waals surface area contributed by atoms with Crippen LogP contribution in [0, 0.1) is 5.82 Å². The molecule has 1 aliphatic heterocycles. The van der Waals surface area contributed by atoms with Gasteiger partial charge in [-0.3, -0.25) is 19.4 Å². The van der Waals surface area contributed by atoms with Crippen molar-refractivity contribution < 1.29 is 23.5 Å². The minimum atomic E-state index is -0.639. The molecule has 5 rings (SSSR count). The van der Waals surface area contributed by atoms with Crippen molar-refractivity contribution in [3.8, 4) is 11.1 Å². The Balaban J connectivity index is 1.29. The number of cyclic esters (lactones) is 1. The number of benzene rings is 3. The minimum absolute atomic E-state index is 0.0240. The Labute approximate surface area is 235 Å². The number of carbonyl (C=O) groups excluding carboxylic acids is 3. The molecular formula is C31H28FN5O4. The highest BCUT2D eigenvalue weighted by molar-refractivity contribution is 6.06. The molecule has 0 radical (unpaired) electrons. The van der Waals surface area contributed by atoms with E-state index in [1.165, 1.54) is 12.3 Å². The molecule has 0 saturated carbocycles. The smallest absolute Gasteiger partial charge is 0.323 e. The van der Waals surface area contributed by atoms with Crippen LogP contribution in [0.5, 0.6) is 0 Å². The van der Waals surface area contributed by atoms with Gasteiger partial charge in [0.05, 0.1) is 18.5 Å². The van der Waals surface area contributed by atoms with Gasteiger partial charge in [0, 0.05) is 42.5 Å². The summed E-state index contributed by atoms with van der Waals surface area (Å²) in [5.74, 6) is -1.66. The maximum absolute atomic E-state index is 14.0. The molecule has 2 heterocycles. The average Bonchev–Trinajstić information content (AvgIpc) is 3.42. The molecule has 4 aromatic rings. The van der Waals surface area contributed by atoms with Gasteiger partial charge >= 0.3 is 5.97 Å². The van der Waals surface area contributed by atoms with Gasteiger partial charge in [0.15, 0.2) is 5.82 Å². The van der Waals surface area contributed by atoms with E-state index in [0.717, 1.165) is 17.3 Å². The van der Waals surface area contributed by atoms with Gasteiger partial charge in [-0.05, 0) is 64.7 Å². The number of anilines is 2. The lowest BCUT2D eigenvalue weighted by Gasteiger charge is -2.13. The van der Waals surface area contributed by atoms with Gasteiger partial charge in [-0.25, -0.2) is 4.39 Å². The molecule has 10 heteroatoms. The Morgan fingerprint density at radius 3 is 2.49 bits per heavy atom. The van der Waals surface area contributed by atoms with Crippen LogP contribution in [0.1, 0.15) is 38.3 Å². The lowest BCUT2D eigenvalue weighted by molar-refractivity contribution is -0.139. The lowest BCUT2D eigenvalue weighted by Crippen LogP contribution is -2.32. The maximum atomic E-state index is 14.0. The van der Waals surface area contributed by atoms with E-state index < -0.39 is 11.7 Å².